The highest BCUT2D eigenvalue weighted by molar-refractivity contribution is 5.87. The Bertz CT molecular complexity index is 547. The standard InChI is InChI=1S/C16H19F3N2O2/c1-2-3-14(22)21-12-5-7-13(8-6-12)23-15-9-4-11(10-20-15)16(17,18)19/h2-4,9-10,12-13H,5-8H2,1H3,(H,21,22)/b3-2+. The molecule has 0 saturated heterocycles. The van der Waals surface area contributed by atoms with Gasteiger partial charge < -0.3 is 10.1 Å². The van der Waals surface area contributed by atoms with Crippen molar-refractivity contribution in [2.24, 2.45) is 0 Å². The molecule has 0 spiro atoms. The number of carbonyl (C=O) groups excluding carboxylic acids is 1. The first-order chi connectivity index (χ1) is 10.9. The maximum Gasteiger partial charge on any atom is 0.417 e. The maximum atomic E-state index is 12.5. The van der Waals surface area contributed by atoms with E-state index in [0.717, 1.165) is 37.9 Å². The highest BCUT2D eigenvalue weighted by Gasteiger charge is 2.31. The summed E-state index contributed by atoms with van der Waals surface area (Å²) in [5, 5.41) is 2.91. The van der Waals surface area contributed by atoms with Crippen LogP contribution in [0.4, 0.5) is 13.2 Å². The molecule has 23 heavy (non-hydrogen) atoms. The molecule has 1 saturated carbocycles. The third-order valence-corrected chi connectivity index (χ3v) is 3.69. The number of amides is 1. The molecular formula is C16H19F3N2O2. The van der Waals surface area contributed by atoms with Crippen LogP contribution in [0.25, 0.3) is 0 Å². The third-order valence-electron chi connectivity index (χ3n) is 3.69. The van der Waals surface area contributed by atoms with Gasteiger partial charge >= 0.3 is 6.18 Å². The SMILES string of the molecule is C/C=C/C(=O)NC1CCC(Oc2ccc(C(F)(F)F)cn2)CC1. The molecule has 1 heterocycles. The van der Waals surface area contributed by atoms with Crippen molar-refractivity contribution in [1.82, 2.24) is 10.3 Å². The van der Waals surface area contributed by atoms with Crippen molar-refractivity contribution >= 4 is 5.91 Å². The van der Waals surface area contributed by atoms with Crippen molar-refractivity contribution in [2.45, 2.75) is 50.9 Å². The number of allylic oxidation sites excluding steroid dienone is 1. The first-order valence-electron chi connectivity index (χ1n) is 7.51. The zero-order valence-corrected chi connectivity index (χ0v) is 12.8. The summed E-state index contributed by atoms with van der Waals surface area (Å²) in [4.78, 5) is 15.2. The molecule has 0 atom stereocenters. The smallest absolute Gasteiger partial charge is 0.417 e. The molecule has 0 aromatic carbocycles. The van der Waals surface area contributed by atoms with Gasteiger partial charge in [0, 0.05) is 18.3 Å². The minimum Gasteiger partial charge on any atom is -0.474 e. The summed E-state index contributed by atoms with van der Waals surface area (Å²) in [7, 11) is 0. The topological polar surface area (TPSA) is 51.2 Å². The van der Waals surface area contributed by atoms with Crippen molar-refractivity contribution < 1.29 is 22.7 Å². The normalized spacial score (nSPS) is 22.1. The van der Waals surface area contributed by atoms with E-state index in [1.807, 2.05) is 0 Å². The van der Waals surface area contributed by atoms with Crippen LogP contribution in [0.3, 0.4) is 0 Å². The fourth-order valence-corrected chi connectivity index (χ4v) is 2.51. The Kier molecular flexibility index (Phi) is 5.63. The number of alkyl halides is 3. The molecule has 0 aliphatic heterocycles. The number of ether oxygens (including phenoxy) is 1. The van der Waals surface area contributed by atoms with E-state index in [4.69, 9.17) is 4.74 Å². The summed E-state index contributed by atoms with van der Waals surface area (Å²) in [6.45, 7) is 1.78. The van der Waals surface area contributed by atoms with Gasteiger partial charge in [-0.2, -0.15) is 13.2 Å². The van der Waals surface area contributed by atoms with Gasteiger partial charge in [0.2, 0.25) is 11.8 Å². The van der Waals surface area contributed by atoms with Crippen LogP contribution < -0.4 is 10.1 Å². The fraction of sp³-hybridized carbons (Fsp3) is 0.500. The van der Waals surface area contributed by atoms with E-state index in [9.17, 15) is 18.0 Å². The monoisotopic (exact) mass is 328 g/mol. The summed E-state index contributed by atoms with van der Waals surface area (Å²) in [6, 6.07) is 2.31. The molecule has 1 fully saturated rings. The van der Waals surface area contributed by atoms with Crippen molar-refractivity contribution in [2.75, 3.05) is 0 Å². The number of halogens is 3. The van der Waals surface area contributed by atoms with Crippen LogP contribution in [0.1, 0.15) is 38.2 Å². The molecular weight excluding hydrogens is 309 g/mol. The zero-order chi connectivity index (χ0) is 16.9. The molecule has 1 amide bonds. The van der Waals surface area contributed by atoms with Crippen molar-refractivity contribution in [3.63, 3.8) is 0 Å². The molecule has 0 unspecified atom stereocenters. The summed E-state index contributed by atoms with van der Waals surface area (Å²) < 4.78 is 43.0. The van der Waals surface area contributed by atoms with Crippen LogP contribution >= 0.6 is 0 Å². The molecule has 1 aliphatic rings. The molecule has 126 valence electrons. The number of hydrogen-bond acceptors (Lipinski definition) is 3. The predicted molar refractivity (Wildman–Crippen MR) is 78.9 cm³/mol. The number of pyridine rings is 1. The van der Waals surface area contributed by atoms with E-state index in [1.54, 1.807) is 13.0 Å². The fourth-order valence-electron chi connectivity index (χ4n) is 2.51. The number of aromatic nitrogens is 1. The first-order valence-corrected chi connectivity index (χ1v) is 7.51. The largest absolute Gasteiger partial charge is 0.474 e. The Labute approximate surface area is 132 Å². The molecule has 0 radical (unpaired) electrons. The van der Waals surface area contributed by atoms with Crippen molar-refractivity contribution in [1.29, 1.82) is 0 Å². The lowest BCUT2D eigenvalue weighted by molar-refractivity contribution is -0.137. The maximum absolute atomic E-state index is 12.5. The molecule has 1 aliphatic carbocycles. The van der Waals surface area contributed by atoms with Gasteiger partial charge in [0.15, 0.2) is 0 Å². The Hall–Kier alpha value is -2.05. The van der Waals surface area contributed by atoms with Crippen LogP contribution in [-0.2, 0) is 11.0 Å². The Morgan fingerprint density at radius 2 is 2.00 bits per heavy atom. The van der Waals surface area contributed by atoms with Gasteiger partial charge in [0.1, 0.15) is 6.10 Å². The van der Waals surface area contributed by atoms with Crippen LogP contribution in [-0.4, -0.2) is 23.0 Å². The second kappa shape index (κ2) is 7.48. The van der Waals surface area contributed by atoms with Gasteiger partial charge in [0.05, 0.1) is 5.56 Å². The van der Waals surface area contributed by atoms with Crippen LogP contribution in [0, 0.1) is 0 Å². The van der Waals surface area contributed by atoms with Gasteiger partial charge in [-0.05, 0) is 44.7 Å². The molecule has 4 nitrogen and oxygen atoms in total. The van der Waals surface area contributed by atoms with E-state index in [1.165, 1.54) is 12.1 Å². The lowest BCUT2D eigenvalue weighted by atomic mass is 9.93. The summed E-state index contributed by atoms with van der Waals surface area (Å²) >= 11 is 0. The number of hydrogen-bond donors (Lipinski definition) is 1. The van der Waals surface area contributed by atoms with Gasteiger partial charge in [-0.1, -0.05) is 6.08 Å². The minimum atomic E-state index is -4.39. The van der Waals surface area contributed by atoms with E-state index < -0.39 is 11.7 Å². The van der Waals surface area contributed by atoms with E-state index in [0.29, 0.717) is 0 Å². The average Bonchev–Trinajstić information content (AvgIpc) is 2.49. The number of nitrogens with one attached hydrogen (secondary N) is 1. The number of nitrogens with zero attached hydrogens (tertiary/aromatic N) is 1. The highest BCUT2D eigenvalue weighted by atomic mass is 19.4. The van der Waals surface area contributed by atoms with Gasteiger partial charge in [0.25, 0.3) is 0 Å². The molecule has 1 aromatic rings. The van der Waals surface area contributed by atoms with Gasteiger partial charge in [-0.25, -0.2) is 4.98 Å². The van der Waals surface area contributed by atoms with Crippen LogP contribution in [0.15, 0.2) is 30.5 Å². The van der Waals surface area contributed by atoms with E-state index in [2.05, 4.69) is 10.3 Å². The molecule has 7 heteroatoms. The van der Waals surface area contributed by atoms with E-state index >= 15 is 0 Å². The lowest BCUT2D eigenvalue weighted by Gasteiger charge is -2.29. The number of rotatable bonds is 4. The minimum absolute atomic E-state index is 0.0888. The number of carbonyl (C=O) groups is 1. The average molecular weight is 328 g/mol. The second-order valence-corrected chi connectivity index (χ2v) is 5.48. The molecule has 2 rings (SSSR count). The quantitative estimate of drug-likeness (QED) is 0.861. The van der Waals surface area contributed by atoms with E-state index in [-0.39, 0.29) is 23.9 Å². The molecule has 1 aromatic heterocycles. The lowest BCUT2D eigenvalue weighted by Crippen LogP contribution is -2.39. The first kappa shape index (κ1) is 17.3. The summed E-state index contributed by atoms with van der Waals surface area (Å²) in [6.07, 6.45) is 2.45. The van der Waals surface area contributed by atoms with Crippen molar-refractivity contribution in [3.05, 3.63) is 36.0 Å². The summed E-state index contributed by atoms with van der Waals surface area (Å²) in [5.41, 5.74) is -0.791. The predicted octanol–water partition coefficient (Wildman–Crippen LogP) is 3.48. The zero-order valence-electron chi connectivity index (χ0n) is 12.8. The molecule has 0 bridgehead atoms. The molecule has 1 N–H and O–H groups in total. The summed E-state index contributed by atoms with van der Waals surface area (Å²) in [5.74, 6) is 0.0840. The Morgan fingerprint density at radius 1 is 1.30 bits per heavy atom. The van der Waals surface area contributed by atoms with Crippen LogP contribution in [0.2, 0.25) is 0 Å². The van der Waals surface area contributed by atoms with Crippen LogP contribution in [0.5, 0.6) is 5.88 Å². The second-order valence-electron chi connectivity index (χ2n) is 5.48. The Balaban J connectivity index is 1.81. The Morgan fingerprint density at radius 3 is 2.52 bits per heavy atom. The third kappa shape index (κ3) is 5.26. The van der Waals surface area contributed by atoms with Gasteiger partial charge in [-0.3, -0.25) is 4.79 Å². The van der Waals surface area contributed by atoms with Crippen molar-refractivity contribution in [3.8, 4) is 5.88 Å². The highest BCUT2D eigenvalue weighted by Crippen LogP contribution is 2.30. The van der Waals surface area contributed by atoms with Gasteiger partial charge in [-0.15, -0.1) is 0 Å².